The number of hydrogen-bond donors (Lipinski definition) is 1. The maximum Gasteiger partial charge on any atom is 0.416 e. The quantitative estimate of drug-likeness (QED) is 0.590. The predicted octanol–water partition coefficient (Wildman–Crippen LogP) is 5.27. The first kappa shape index (κ1) is 18.0. The Morgan fingerprint density at radius 2 is 2.08 bits per heavy atom. The van der Waals surface area contributed by atoms with E-state index in [0.717, 1.165) is 28.6 Å². The van der Waals surface area contributed by atoms with Gasteiger partial charge in [0, 0.05) is 4.88 Å². The number of amides is 1. The first-order valence-electron chi connectivity index (χ1n) is 6.56. The van der Waals surface area contributed by atoms with Crippen molar-refractivity contribution < 1.29 is 18.0 Å². The van der Waals surface area contributed by atoms with Gasteiger partial charge in [0.2, 0.25) is 0 Å². The van der Waals surface area contributed by atoms with Crippen LogP contribution in [0.25, 0.3) is 6.08 Å². The number of thiophene rings is 1. The summed E-state index contributed by atoms with van der Waals surface area (Å²) in [4.78, 5) is 12.9. The highest BCUT2D eigenvalue weighted by molar-refractivity contribution is 7.11. The van der Waals surface area contributed by atoms with E-state index in [-0.39, 0.29) is 16.3 Å². The molecule has 2 rings (SSSR count). The second-order valence-corrected chi connectivity index (χ2v) is 6.14. The zero-order valence-corrected chi connectivity index (χ0v) is 13.8. The molecule has 0 atom stereocenters. The third-order valence-electron chi connectivity index (χ3n) is 3.08. The van der Waals surface area contributed by atoms with Crippen LogP contribution >= 0.6 is 22.9 Å². The first-order chi connectivity index (χ1) is 11.2. The Labute approximate surface area is 145 Å². The third-order valence-corrected chi connectivity index (χ3v) is 4.38. The number of halogens is 4. The van der Waals surface area contributed by atoms with Crippen molar-refractivity contribution in [3.8, 4) is 6.07 Å². The lowest BCUT2D eigenvalue weighted by Gasteiger charge is -2.11. The maximum atomic E-state index is 12.7. The molecule has 1 N–H and O–H groups in total. The normalized spacial score (nSPS) is 11.9. The van der Waals surface area contributed by atoms with Crippen molar-refractivity contribution in [3.63, 3.8) is 0 Å². The number of anilines is 1. The van der Waals surface area contributed by atoms with Gasteiger partial charge in [-0.2, -0.15) is 18.4 Å². The number of carbonyl (C=O) groups excluding carboxylic acids is 1. The molecular formula is C16H10ClF3N2OS. The summed E-state index contributed by atoms with van der Waals surface area (Å²) in [6, 6.07) is 6.15. The predicted molar refractivity (Wildman–Crippen MR) is 87.7 cm³/mol. The molecule has 1 aromatic carbocycles. The van der Waals surface area contributed by atoms with E-state index >= 15 is 0 Å². The van der Waals surface area contributed by atoms with E-state index in [1.165, 1.54) is 17.4 Å². The zero-order valence-electron chi connectivity index (χ0n) is 12.2. The molecule has 0 spiro atoms. The van der Waals surface area contributed by atoms with E-state index in [1.54, 1.807) is 11.4 Å². The van der Waals surface area contributed by atoms with Crippen molar-refractivity contribution in [2.24, 2.45) is 0 Å². The summed E-state index contributed by atoms with van der Waals surface area (Å²) in [7, 11) is 0. The fourth-order valence-electron chi connectivity index (χ4n) is 1.80. The minimum atomic E-state index is -4.56. The van der Waals surface area contributed by atoms with Gasteiger partial charge >= 0.3 is 6.18 Å². The fourth-order valence-corrected chi connectivity index (χ4v) is 2.82. The van der Waals surface area contributed by atoms with Crippen LogP contribution in [-0.4, -0.2) is 5.91 Å². The van der Waals surface area contributed by atoms with Crippen molar-refractivity contribution in [1.29, 1.82) is 5.26 Å². The van der Waals surface area contributed by atoms with E-state index in [2.05, 4.69) is 5.32 Å². The highest BCUT2D eigenvalue weighted by atomic mass is 35.5. The number of rotatable bonds is 3. The second kappa shape index (κ2) is 7.07. The SMILES string of the molecule is Cc1ccsc1/C=C(\C#N)C(=O)Nc1cc(C(F)(F)F)ccc1Cl. The van der Waals surface area contributed by atoms with Gasteiger partial charge in [0.05, 0.1) is 16.3 Å². The van der Waals surface area contributed by atoms with Gasteiger partial charge in [-0.05, 0) is 48.2 Å². The topological polar surface area (TPSA) is 52.9 Å². The number of carbonyl (C=O) groups is 1. The Bertz CT molecular complexity index is 850. The Morgan fingerprint density at radius 1 is 1.38 bits per heavy atom. The molecule has 0 bridgehead atoms. The summed E-state index contributed by atoms with van der Waals surface area (Å²) in [6.45, 7) is 1.82. The number of nitrogens with one attached hydrogen (secondary N) is 1. The molecule has 8 heteroatoms. The number of nitriles is 1. The van der Waals surface area contributed by atoms with Crippen LogP contribution in [0, 0.1) is 18.3 Å². The Hall–Kier alpha value is -2.30. The Kier molecular flexibility index (Phi) is 5.32. The highest BCUT2D eigenvalue weighted by Crippen LogP contribution is 2.34. The average molecular weight is 371 g/mol. The number of benzene rings is 1. The standard InChI is InChI=1S/C16H10ClF3N2OS/c1-9-4-5-24-14(9)6-10(8-21)15(23)22-13-7-11(16(18,19)20)2-3-12(13)17/h2-7H,1H3,(H,22,23)/b10-6+. The first-order valence-corrected chi connectivity index (χ1v) is 7.82. The van der Waals surface area contributed by atoms with Crippen molar-refractivity contribution >= 4 is 40.6 Å². The minimum Gasteiger partial charge on any atom is -0.320 e. The largest absolute Gasteiger partial charge is 0.416 e. The van der Waals surface area contributed by atoms with Gasteiger partial charge in [0.1, 0.15) is 11.6 Å². The molecule has 2 aromatic rings. The van der Waals surface area contributed by atoms with Crippen molar-refractivity contribution in [2.45, 2.75) is 13.1 Å². The lowest BCUT2D eigenvalue weighted by molar-refractivity contribution is -0.137. The summed E-state index contributed by atoms with van der Waals surface area (Å²) >= 11 is 7.17. The monoisotopic (exact) mass is 370 g/mol. The van der Waals surface area contributed by atoms with E-state index in [9.17, 15) is 18.0 Å². The van der Waals surface area contributed by atoms with Crippen molar-refractivity contribution in [2.75, 3.05) is 5.32 Å². The molecule has 1 aromatic heterocycles. The van der Waals surface area contributed by atoms with Crippen molar-refractivity contribution in [1.82, 2.24) is 0 Å². The summed E-state index contributed by atoms with van der Waals surface area (Å²) < 4.78 is 38.2. The van der Waals surface area contributed by atoms with Crippen LogP contribution in [-0.2, 0) is 11.0 Å². The Morgan fingerprint density at radius 3 is 2.62 bits per heavy atom. The molecule has 0 fully saturated rings. The number of aryl methyl sites for hydroxylation is 1. The molecule has 0 saturated heterocycles. The summed E-state index contributed by atoms with van der Waals surface area (Å²) in [5.74, 6) is -0.827. The molecule has 0 aliphatic heterocycles. The zero-order chi connectivity index (χ0) is 17.9. The minimum absolute atomic E-state index is 0.0547. The van der Waals surface area contributed by atoms with E-state index in [4.69, 9.17) is 16.9 Å². The molecule has 0 saturated carbocycles. The Balaban J connectivity index is 2.30. The molecule has 24 heavy (non-hydrogen) atoms. The molecule has 3 nitrogen and oxygen atoms in total. The van der Waals surface area contributed by atoms with Crippen LogP contribution in [0.5, 0.6) is 0 Å². The molecule has 0 aliphatic carbocycles. The highest BCUT2D eigenvalue weighted by Gasteiger charge is 2.31. The lowest BCUT2D eigenvalue weighted by atomic mass is 10.1. The molecule has 0 radical (unpaired) electrons. The maximum absolute atomic E-state index is 12.7. The van der Waals surface area contributed by atoms with E-state index in [0.29, 0.717) is 0 Å². The van der Waals surface area contributed by atoms with Gasteiger partial charge in [0.25, 0.3) is 5.91 Å². The van der Waals surface area contributed by atoms with Crippen molar-refractivity contribution in [3.05, 3.63) is 56.2 Å². The molecule has 1 heterocycles. The van der Waals surface area contributed by atoms with E-state index in [1.807, 2.05) is 13.0 Å². The van der Waals surface area contributed by atoms with Crippen LogP contribution in [0.1, 0.15) is 16.0 Å². The molecule has 1 amide bonds. The number of nitrogens with zero attached hydrogens (tertiary/aromatic N) is 1. The van der Waals surface area contributed by atoms with Gasteiger partial charge < -0.3 is 5.32 Å². The molecule has 0 aliphatic rings. The van der Waals surface area contributed by atoms with Crippen LogP contribution < -0.4 is 5.32 Å². The second-order valence-electron chi connectivity index (χ2n) is 4.78. The lowest BCUT2D eigenvalue weighted by Crippen LogP contribution is -2.15. The van der Waals surface area contributed by atoms with Crippen LogP contribution in [0.4, 0.5) is 18.9 Å². The summed E-state index contributed by atoms with van der Waals surface area (Å²) in [5, 5.41) is 13.1. The third kappa shape index (κ3) is 4.16. The summed E-state index contributed by atoms with van der Waals surface area (Å²) in [6.07, 6.45) is -3.18. The molecular weight excluding hydrogens is 361 g/mol. The van der Waals surface area contributed by atoms with Gasteiger partial charge in [-0.3, -0.25) is 4.79 Å². The van der Waals surface area contributed by atoms with Crippen LogP contribution in [0.3, 0.4) is 0 Å². The van der Waals surface area contributed by atoms with Gasteiger partial charge in [-0.1, -0.05) is 11.6 Å². The van der Waals surface area contributed by atoms with Crippen LogP contribution in [0.15, 0.2) is 35.2 Å². The van der Waals surface area contributed by atoms with Gasteiger partial charge in [0.15, 0.2) is 0 Å². The fraction of sp³-hybridized carbons (Fsp3) is 0.125. The smallest absolute Gasteiger partial charge is 0.320 e. The molecule has 0 unspecified atom stereocenters. The van der Waals surface area contributed by atoms with E-state index < -0.39 is 17.6 Å². The van der Waals surface area contributed by atoms with Gasteiger partial charge in [-0.15, -0.1) is 11.3 Å². The number of hydrogen-bond acceptors (Lipinski definition) is 3. The van der Waals surface area contributed by atoms with Crippen LogP contribution in [0.2, 0.25) is 5.02 Å². The average Bonchev–Trinajstić information content (AvgIpc) is 2.90. The van der Waals surface area contributed by atoms with Gasteiger partial charge in [-0.25, -0.2) is 0 Å². The number of alkyl halides is 3. The summed E-state index contributed by atoms with van der Waals surface area (Å²) in [5.41, 5.74) is -0.494. The molecule has 124 valence electrons.